The van der Waals surface area contributed by atoms with Gasteiger partial charge in [0, 0.05) is 18.6 Å². The van der Waals surface area contributed by atoms with Crippen molar-refractivity contribution < 1.29 is 13.2 Å². The molecule has 1 aliphatic carbocycles. The predicted molar refractivity (Wildman–Crippen MR) is 76.5 cm³/mol. The number of likely N-dealkylation sites (N-methyl/N-ethyl adjacent to an activating group) is 1. The molecule has 3 unspecified atom stereocenters. The van der Waals surface area contributed by atoms with Gasteiger partial charge in [-0.15, -0.1) is 0 Å². The van der Waals surface area contributed by atoms with Gasteiger partial charge in [0.2, 0.25) is 0 Å². The molecule has 0 aromatic heterocycles. The van der Waals surface area contributed by atoms with Crippen LogP contribution in [-0.4, -0.2) is 36.2 Å². The second-order valence-corrected chi connectivity index (χ2v) is 6.32. The Bertz CT molecular complexity index is 293. The van der Waals surface area contributed by atoms with Gasteiger partial charge in [-0.05, 0) is 31.7 Å². The Morgan fingerprint density at radius 3 is 2.45 bits per heavy atom. The largest absolute Gasteiger partial charge is 0.391 e. The van der Waals surface area contributed by atoms with Gasteiger partial charge < -0.3 is 5.73 Å². The van der Waals surface area contributed by atoms with Crippen molar-refractivity contribution in [3.63, 3.8) is 0 Å². The molecule has 0 aliphatic heterocycles. The van der Waals surface area contributed by atoms with E-state index in [-0.39, 0.29) is 12.8 Å². The van der Waals surface area contributed by atoms with E-state index in [1.165, 1.54) is 0 Å². The summed E-state index contributed by atoms with van der Waals surface area (Å²) in [5.74, 6) is -0.699. The fourth-order valence-electron chi connectivity index (χ4n) is 3.38. The Morgan fingerprint density at radius 1 is 1.35 bits per heavy atom. The number of nitrogens with two attached hydrogens (primary N) is 1. The van der Waals surface area contributed by atoms with Crippen LogP contribution in [0.4, 0.5) is 13.2 Å². The first-order valence-corrected chi connectivity index (χ1v) is 7.81. The molecule has 0 radical (unpaired) electrons. The van der Waals surface area contributed by atoms with E-state index in [2.05, 4.69) is 18.7 Å². The lowest BCUT2D eigenvalue weighted by Gasteiger charge is -2.49. The first-order valence-electron chi connectivity index (χ1n) is 7.81. The maximum Gasteiger partial charge on any atom is 0.391 e. The third kappa shape index (κ3) is 4.10. The molecular weight excluding hydrogens is 265 g/mol. The summed E-state index contributed by atoms with van der Waals surface area (Å²) in [6.45, 7) is 8.23. The topological polar surface area (TPSA) is 29.3 Å². The SMILES string of the molecule is CCC(C)CN(CC)C1(CN)CCCC(C(F)(F)F)C1. The van der Waals surface area contributed by atoms with Gasteiger partial charge in [0.05, 0.1) is 5.92 Å². The van der Waals surface area contributed by atoms with E-state index in [9.17, 15) is 13.2 Å². The second-order valence-electron chi connectivity index (χ2n) is 6.32. The summed E-state index contributed by atoms with van der Waals surface area (Å²) in [5.41, 5.74) is 5.47. The molecule has 0 aromatic carbocycles. The average Bonchev–Trinajstić information content (AvgIpc) is 2.43. The Morgan fingerprint density at radius 2 is 2.00 bits per heavy atom. The van der Waals surface area contributed by atoms with E-state index < -0.39 is 17.6 Å². The molecule has 0 heterocycles. The molecule has 5 heteroatoms. The van der Waals surface area contributed by atoms with E-state index in [4.69, 9.17) is 5.73 Å². The summed E-state index contributed by atoms with van der Waals surface area (Å²) < 4.78 is 39.2. The molecule has 20 heavy (non-hydrogen) atoms. The summed E-state index contributed by atoms with van der Waals surface area (Å²) in [7, 11) is 0. The average molecular weight is 294 g/mol. The summed E-state index contributed by atoms with van der Waals surface area (Å²) in [6.07, 6.45) is -1.21. The molecule has 1 fully saturated rings. The third-order valence-electron chi connectivity index (χ3n) is 4.95. The summed E-state index contributed by atoms with van der Waals surface area (Å²) in [6, 6.07) is 0. The highest BCUT2D eigenvalue weighted by atomic mass is 19.4. The molecule has 1 rings (SSSR count). The highest BCUT2D eigenvalue weighted by molar-refractivity contribution is 4.98. The molecule has 0 bridgehead atoms. The van der Waals surface area contributed by atoms with Gasteiger partial charge in [-0.2, -0.15) is 13.2 Å². The fraction of sp³-hybridized carbons (Fsp3) is 1.00. The van der Waals surface area contributed by atoms with Crippen molar-refractivity contribution >= 4 is 0 Å². The maximum atomic E-state index is 13.1. The highest BCUT2D eigenvalue weighted by Gasteiger charge is 2.49. The molecule has 3 atom stereocenters. The zero-order valence-electron chi connectivity index (χ0n) is 13.0. The minimum atomic E-state index is -4.09. The van der Waals surface area contributed by atoms with Gasteiger partial charge in [0.15, 0.2) is 0 Å². The van der Waals surface area contributed by atoms with Crippen molar-refractivity contribution in [2.75, 3.05) is 19.6 Å². The molecule has 0 aromatic rings. The number of halogens is 3. The third-order valence-corrected chi connectivity index (χ3v) is 4.95. The Hall–Kier alpha value is -0.290. The van der Waals surface area contributed by atoms with Crippen LogP contribution in [0.1, 0.15) is 52.9 Å². The van der Waals surface area contributed by atoms with Crippen molar-refractivity contribution in [1.82, 2.24) is 4.90 Å². The first kappa shape index (κ1) is 17.8. The molecule has 0 saturated heterocycles. The van der Waals surface area contributed by atoms with E-state index in [1.54, 1.807) is 0 Å². The van der Waals surface area contributed by atoms with Crippen LogP contribution < -0.4 is 5.73 Å². The summed E-state index contributed by atoms with van der Waals surface area (Å²) in [4.78, 5) is 2.21. The van der Waals surface area contributed by atoms with Crippen LogP contribution in [0.25, 0.3) is 0 Å². The number of alkyl halides is 3. The van der Waals surface area contributed by atoms with Gasteiger partial charge in [0.25, 0.3) is 0 Å². The smallest absolute Gasteiger partial charge is 0.329 e. The second kappa shape index (κ2) is 7.12. The number of rotatable bonds is 6. The molecule has 1 aliphatic rings. The van der Waals surface area contributed by atoms with Crippen LogP contribution in [-0.2, 0) is 0 Å². The molecule has 120 valence electrons. The van der Waals surface area contributed by atoms with Crippen LogP contribution in [0.3, 0.4) is 0 Å². The van der Waals surface area contributed by atoms with Crippen molar-refractivity contribution in [3.8, 4) is 0 Å². The predicted octanol–water partition coefficient (Wildman–Crippen LogP) is 3.80. The Balaban J connectivity index is 2.88. The first-order chi connectivity index (χ1) is 9.29. The Labute approximate surface area is 120 Å². The molecule has 0 spiro atoms. The quantitative estimate of drug-likeness (QED) is 0.807. The lowest BCUT2D eigenvalue weighted by molar-refractivity contribution is -0.194. The van der Waals surface area contributed by atoms with Gasteiger partial charge in [0.1, 0.15) is 0 Å². The van der Waals surface area contributed by atoms with Crippen LogP contribution in [0.5, 0.6) is 0 Å². The van der Waals surface area contributed by atoms with Crippen molar-refractivity contribution in [3.05, 3.63) is 0 Å². The number of nitrogens with zero attached hydrogens (tertiary/aromatic N) is 1. The van der Waals surface area contributed by atoms with E-state index in [1.807, 2.05) is 6.92 Å². The lowest BCUT2D eigenvalue weighted by Crippen LogP contribution is -2.58. The molecule has 2 nitrogen and oxygen atoms in total. The zero-order valence-corrected chi connectivity index (χ0v) is 13.0. The van der Waals surface area contributed by atoms with E-state index in [0.29, 0.717) is 18.9 Å². The number of hydrogen-bond acceptors (Lipinski definition) is 2. The number of hydrogen-bond donors (Lipinski definition) is 1. The summed E-state index contributed by atoms with van der Waals surface area (Å²) >= 11 is 0. The standard InChI is InChI=1S/C15H29F3N2/c1-4-12(3)10-20(5-2)14(11-19)8-6-7-13(9-14)15(16,17)18/h12-13H,4-11,19H2,1-3H3. The minimum Gasteiger partial charge on any atom is -0.329 e. The summed E-state index contributed by atoms with van der Waals surface area (Å²) in [5, 5.41) is 0. The zero-order chi connectivity index (χ0) is 15.4. The fourth-order valence-corrected chi connectivity index (χ4v) is 3.38. The van der Waals surface area contributed by atoms with Gasteiger partial charge in [-0.25, -0.2) is 0 Å². The normalized spacial score (nSPS) is 29.7. The van der Waals surface area contributed by atoms with Crippen LogP contribution in [0.15, 0.2) is 0 Å². The Kier molecular flexibility index (Phi) is 6.32. The molecule has 2 N–H and O–H groups in total. The van der Waals surface area contributed by atoms with Gasteiger partial charge in [-0.1, -0.05) is 33.6 Å². The van der Waals surface area contributed by atoms with Crippen LogP contribution in [0.2, 0.25) is 0 Å². The molecular formula is C15H29F3N2. The lowest BCUT2D eigenvalue weighted by atomic mass is 9.74. The van der Waals surface area contributed by atoms with E-state index >= 15 is 0 Å². The van der Waals surface area contributed by atoms with Gasteiger partial charge >= 0.3 is 6.18 Å². The minimum absolute atomic E-state index is 0.164. The van der Waals surface area contributed by atoms with Gasteiger partial charge in [-0.3, -0.25) is 4.90 Å². The van der Waals surface area contributed by atoms with Crippen molar-refractivity contribution in [1.29, 1.82) is 0 Å². The van der Waals surface area contributed by atoms with E-state index in [0.717, 1.165) is 25.9 Å². The molecule has 0 amide bonds. The molecule has 1 saturated carbocycles. The van der Waals surface area contributed by atoms with Crippen molar-refractivity contribution in [2.45, 2.75) is 64.6 Å². The monoisotopic (exact) mass is 294 g/mol. The highest BCUT2D eigenvalue weighted by Crippen LogP contribution is 2.44. The van der Waals surface area contributed by atoms with Crippen molar-refractivity contribution in [2.24, 2.45) is 17.6 Å². The maximum absolute atomic E-state index is 13.1. The van der Waals surface area contributed by atoms with Crippen LogP contribution in [0, 0.1) is 11.8 Å². The van der Waals surface area contributed by atoms with Crippen LogP contribution >= 0.6 is 0 Å².